The average molecular weight is 163 g/mol. The zero-order chi connectivity index (χ0) is 6.91. The molecule has 4 heteroatoms. The van der Waals surface area contributed by atoms with Crippen LogP contribution in [0.15, 0.2) is 28.9 Å². The lowest BCUT2D eigenvalue weighted by atomic mass is 10.6. The predicted molar refractivity (Wildman–Crippen MR) is 35.5 cm³/mol. The maximum absolute atomic E-state index is 10.4. The average Bonchev–Trinajstić information content (AvgIpc) is 2.08. The summed E-state index contributed by atoms with van der Waals surface area (Å²) in [4.78, 5) is 0.0316. The first kappa shape index (κ1) is 6.62. The molecule has 0 fully saturated rings. The minimum atomic E-state index is -3.54. The second-order valence-electron chi connectivity index (χ2n) is 1.47. The van der Waals surface area contributed by atoms with Gasteiger partial charge in [0.05, 0.1) is 0 Å². The lowest BCUT2D eigenvalue weighted by Crippen LogP contribution is -1.87. The van der Waals surface area contributed by atoms with Crippen LogP contribution in [0.4, 0.5) is 0 Å². The van der Waals surface area contributed by atoms with Gasteiger partial charge < -0.3 is 0 Å². The quantitative estimate of drug-likeness (QED) is 0.429. The van der Waals surface area contributed by atoms with Gasteiger partial charge in [0.2, 0.25) is 0 Å². The topological polar surface area (TPSA) is 34.1 Å². The summed E-state index contributed by atoms with van der Waals surface area (Å²) < 4.78 is 20.9. The first-order chi connectivity index (χ1) is 4.11. The van der Waals surface area contributed by atoms with Crippen LogP contribution in [-0.4, -0.2) is 8.42 Å². The fraction of sp³-hybridized carbons (Fsp3) is 0. The summed E-state index contributed by atoms with van der Waals surface area (Å²) in [7, 11) is 1.40. The lowest BCUT2D eigenvalue weighted by molar-refractivity contribution is 0.616. The molecule has 2 nitrogen and oxygen atoms in total. The molecule has 0 bridgehead atoms. The Morgan fingerprint density at radius 2 is 2.22 bits per heavy atom. The van der Waals surface area contributed by atoms with Crippen molar-refractivity contribution in [2.24, 2.45) is 0 Å². The first-order valence-corrected chi connectivity index (χ1v) is 4.50. The standard InChI is InChI=1S/C5H3ClO2S/c6-9(7,8)5-3-1-2-4-5/h1-3H. The van der Waals surface area contributed by atoms with E-state index in [0.717, 1.165) is 0 Å². The molecule has 0 aromatic carbocycles. The van der Waals surface area contributed by atoms with Gasteiger partial charge in [0.15, 0.2) is 0 Å². The van der Waals surface area contributed by atoms with Crippen LogP contribution >= 0.6 is 10.7 Å². The normalized spacial score (nSPS) is 16.3. The Balaban J connectivity index is 3.18. The fourth-order valence-electron chi connectivity index (χ4n) is 0.466. The molecule has 1 aliphatic carbocycles. The van der Waals surface area contributed by atoms with Crippen LogP contribution in [0.5, 0.6) is 0 Å². The number of hydrogen-bond donors (Lipinski definition) is 0. The molecule has 0 aliphatic heterocycles. The predicted octanol–water partition coefficient (Wildman–Crippen LogP) is 1.16. The van der Waals surface area contributed by atoms with Crippen molar-refractivity contribution in [1.82, 2.24) is 0 Å². The van der Waals surface area contributed by atoms with E-state index in [0.29, 0.717) is 0 Å². The highest BCUT2D eigenvalue weighted by molar-refractivity contribution is 8.17. The van der Waals surface area contributed by atoms with Crippen LogP contribution < -0.4 is 0 Å². The Hall–Kier alpha value is -0.500. The van der Waals surface area contributed by atoms with Gasteiger partial charge in [0.1, 0.15) is 4.91 Å². The van der Waals surface area contributed by atoms with Gasteiger partial charge in [-0.25, -0.2) is 8.42 Å². The molecule has 0 aromatic rings. The fourth-order valence-corrected chi connectivity index (χ4v) is 1.20. The molecule has 48 valence electrons. The molecule has 0 unspecified atom stereocenters. The van der Waals surface area contributed by atoms with Gasteiger partial charge in [-0.3, -0.25) is 0 Å². The van der Waals surface area contributed by atoms with E-state index in [1.807, 2.05) is 0 Å². The van der Waals surface area contributed by atoms with Crippen molar-refractivity contribution in [1.29, 1.82) is 0 Å². The van der Waals surface area contributed by atoms with Gasteiger partial charge >= 0.3 is 0 Å². The molecule has 0 saturated heterocycles. The zero-order valence-electron chi connectivity index (χ0n) is 4.33. The summed E-state index contributed by atoms with van der Waals surface area (Å²) in [5.41, 5.74) is 2.46. The molecule has 0 N–H and O–H groups in total. The Morgan fingerprint density at radius 3 is 2.44 bits per heavy atom. The number of rotatable bonds is 1. The smallest absolute Gasteiger partial charge is 0.206 e. The van der Waals surface area contributed by atoms with Crippen molar-refractivity contribution in [2.75, 3.05) is 0 Å². The molecule has 1 aliphatic rings. The third-order valence-corrected chi connectivity index (χ3v) is 2.11. The number of hydrogen-bond acceptors (Lipinski definition) is 2. The third kappa shape index (κ3) is 1.45. The summed E-state index contributed by atoms with van der Waals surface area (Å²) >= 11 is 0. The summed E-state index contributed by atoms with van der Waals surface area (Å²) in [5, 5.41) is 0. The highest BCUT2D eigenvalue weighted by Crippen LogP contribution is 2.14. The third-order valence-electron chi connectivity index (χ3n) is 0.832. The van der Waals surface area contributed by atoms with Crippen LogP contribution in [0, 0.1) is 0 Å². The van der Waals surface area contributed by atoms with Crippen molar-refractivity contribution in [2.45, 2.75) is 0 Å². The van der Waals surface area contributed by atoms with Crippen molar-refractivity contribution in [3.8, 4) is 0 Å². The molecule has 0 heterocycles. The van der Waals surface area contributed by atoms with Gasteiger partial charge in [0, 0.05) is 10.7 Å². The van der Waals surface area contributed by atoms with E-state index in [4.69, 9.17) is 10.7 Å². The molecule has 0 amide bonds. The van der Waals surface area contributed by atoms with Gasteiger partial charge in [-0.15, -0.1) is 0 Å². The van der Waals surface area contributed by atoms with E-state index in [1.165, 1.54) is 12.2 Å². The zero-order valence-corrected chi connectivity index (χ0v) is 5.91. The molecular formula is C5H3ClO2S. The summed E-state index contributed by atoms with van der Waals surface area (Å²) in [6, 6.07) is 0. The van der Waals surface area contributed by atoms with Crippen molar-refractivity contribution < 1.29 is 8.42 Å². The van der Waals surface area contributed by atoms with Crippen LogP contribution in [0.1, 0.15) is 0 Å². The van der Waals surface area contributed by atoms with Gasteiger partial charge in [0.25, 0.3) is 9.05 Å². The maximum atomic E-state index is 10.4. The highest BCUT2D eigenvalue weighted by Gasteiger charge is 2.10. The number of halogens is 1. The number of allylic oxidation sites excluding steroid dienone is 2. The van der Waals surface area contributed by atoms with Crippen molar-refractivity contribution in [3.05, 3.63) is 28.9 Å². The minimum Gasteiger partial charge on any atom is -0.206 e. The van der Waals surface area contributed by atoms with E-state index >= 15 is 0 Å². The van der Waals surface area contributed by atoms with E-state index in [2.05, 4.69) is 5.73 Å². The minimum absolute atomic E-state index is 0.0316. The van der Waals surface area contributed by atoms with E-state index in [1.54, 1.807) is 6.08 Å². The highest BCUT2D eigenvalue weighted by atomic mass is 35.7. The molecule has 9 heavy (non-hydrogen) atoms. The molecule has 0 saturated carbocycles. The Labute approximate surface area is 57.6 Å². The molecule has 0 aromatic heterocycles. The van der Waals surface area contributed by atoms with Gasteiger partial charge in [-0.2, -0.15) is 0 Å². The SMILES string of the molecule is O=S(=O)(Cl)C1=C=CC=C1. The largest absolute Gasteiger partial charge is 0.268 e. The Bertz CT molecular complexity index is 304. The van der Waals surface area contributed by atoms with Crippen molar-refractivity contribution >= 4 is 19.7 Å². The molecule has 0 atom stereocenters. The van der Waals surface area contributed by atoms with Crippen LogP contribution in [-0.2, 0) is 9.05 Å². The van der Waals surface area contributed by atoms with E-state index in [9.17, 15) is 8.42 Å². The van der Waals surface area contributed by atoms with Crippen LogP contribution in [0.25, 0.3) is 0 Å². The second kappa shape index (κ2) is 2.03. The van der Waals surface area contributed by atoms with Gasteiger partial charge in [-0.05, 0) is 12.2 Å². The summed E-state index contributed by atoms with van der Waals surface area (Å²) in [6.45, 7) is 0. The van der Waals surface area contributed by atoms with E-state index in [-0.39, 0.29) is 4.91 Å². The van der Waals surface area contributed by atoms with Gasteiger partial charge in [-0.1, -0.05) is 11.8 Å². The Morgan fingerprint density at radius 1 is 1.56 bits per heavy atom. The molecule has 0 radical (unpaired) electrons. The molecule has 1 rings (SSSR count). The first-order valence-electron chi connectivity index (χ1n) is 2.19. The monoisotopic (exact) mass is 162 g/mol. The Kier molecular flexibility index (Phi) is 1.49. The second-order valence-corrected chi connectivity index (χ2v) is 4.01. The summed E-state index contributed by atoms with van der Waals surface area (Å²) in [5.74, 6) is 0. The molecular weight excluding hydrogens is 160 g/mol. The van der Waals surface area contributed by atoms with E-state index < -0.39 is 9.05 Å². The van der Waals surface area contributed by atoms with Crippen LogP contribution in [0.2, 0.25) is 0 Å². The van der Waals surface area contributed by atoms with Crippen LogP contribution in [0.3, 0.4) is 0 Å². The lowest BCUT2D eigenvalue weighted by Gasteiger charge is -1.84. The van der Waals surface area contributed by atoms with Crippen molar-refractivity contribution in [3.63, 3.8) is 0 Å². The summed E-state index contributed by atoms with van der Waals surface area (Å²) in [6.07, 6.45) is 4.45. The maximum Gasteiger partial charge on any atom is 0.268 e. The molecule has 0 spiro atoms.